The van der Waals surface area contributed by atoms with Gasteiger partial charge in [-0.3, -0.25) is 4.79 Å². The van der Waals surface area contributed by atoms with Gasteiger partial charge >= 0.3 is 0 Å². The van der Waals surface area contributed by atoms with Crippen LogP contribution in [0, 0.1) is 23.2 Å². The van der Waals surface area contributed by atoms with Crippen molar-refractivity contribution in [2.45, 2.75) is 75.6 Å². The van der Waals surface area contributed by atoms with Crippen molar-refractivity contribution in [1.29, 1.82) is 0 Å². The molecular formula is C24H33ClN2O3S. The number of amides is 1. The summed E-state index contributed by atoms with van der Waals surface area (Å²) in [4.78, 5) is 13.4. The summed E-state index contributed by atoms with van der Waals surface area (Å²) in [6.45, 7) is 3.21. The van der Waals surface area contributed by atoms with Crippen LogP contribution in [0.3, 0.4) is 0 Å². The number of halogens is 1. The van der Waals surface area contributed by atoms with Gasteiger partial charge in [-0.1, -0.05) is 18.0 Å². The monoisotopic (exact) mass is 464 g/mol. The summed E-state index contributed by atoms with van der Waals surface area (Å²) >= 11 is 6.36. The minimum absolute atomic E-state index is 0.0619. The fourth-order valence-corrected chi connectivity index (χ4v) is 8.98. The number of sulfonamides is 1. The number of piperidine rings is 1. The molecule has 0 radical (unpaired) electrons. The van der Waals surface area contributed by atoms with Crippen molar-refractivity contribution in [3.63, 3.8) is 0 Å². The lowest BCUT2D eigenvalue weighted by molar-refractivity contribution is -0.0688. The van der Waals surface area contributed by atoms with Crippen LogP contribution < -0.4 is 5.32 Å². The maximum Gasteiger partial charge on any atom is 0.253 e. The first-order chi connectivity index (χ1) is 14.8. The number of rotatable bonds is 5. The van der Waals surface area contributed by atoms with Gasteiger partial charge in [0.15, 0.2) is 0 Å². The first kappa shape index (κ1) is 21.7. The average molecular weight is 465 g/mol. The van der Waals surface area contributed by atoms with Gasteiger partial charge in [-0.2, -0.15) is 4.31 Å². The molecule has 0 spiro atoms. The second-order valence-electron chi connectivity index (χ2n) is 10.6. The van der Waals surface area contributed by atoms with Crippen LogP contribution in [0.25, 0.3) is 0 Å². The lowest BCUT2D eigenvalue weighted by atomic mass is 9.48. The molecule has 5 aliphatic rings. The predicted molar refractivity (Wildman–Crippen MR) is 122 cm³/mol. The Morgan fingerprint density at radius 1 is 1.06 bits per heavy atom. The predicted octanol–water partition coefficient (Wildman–Crippen LogP) is 4.85. The van der Waals surface area contributed by atoms with Crippen LogP contribution in [0.1, 0.15) is 75.1 Å². The molecule has 1 amide bonds. The van der Waals surface area contributed by atoms with Gasteiger partial charge in [0.25, 0.3) is 5.91 Å². The van der Waals surface area contributed by atoms with Gasteiger partial charge in [0.05, 0.1) is 15.5 Å². The standard InChI is InChI=1S/C24H33ClN2O3S/c1-16(24-13-17-9-18(14-24)11-19(10-17)15-24)26-23(28)21-12-20(5-6-22(21)25)31(29,30)27-7-3-2-4-8-27/h5-6,12,16-19H,2-4,7-11,13-15H2,1H3,(H,26,28). The molecule has 5 nitrogen and oxygen atoms in total. The van der Waals surface area contributed by atoms with Gasteiger partial charge < -0.3 is 5.32 Å². The number of benzene rings is 1. The van der Waals surface area contributed by atoms with Crippen LogP contribution in [0.2, 0.25) is 5.02 Å². The zero-order chi connectivity index (χ0) is 21.8. The Kier molecular flexibility index (Phi) is 5.63. The Hall–Kier alpha value is -1.11. The molecule has 1 atom stereocenters. The molecule has 4 bridgehead atoms. The van der Waals surface area contributed by atoms with Crippen molar-refractivity contribution >= 4 is 27.5 Å². The van der Waals surface area contributed by atoms with Crippen LogP contribution in [0.4, 0.5) is 0 Å². The molecule has 170 valence electrons. The molecule has 4 aliphatic carbocycles. The van der Waals surface area contributed by atoms with E-state index in [1.807, 2.05) is 0 Å². The normalized spacial score (nSPS) is 33.9. The third kappa shape index (κ3) is 3.93. The highest BCUT2D eigenvalue weighted by atomic mass is 35.5. The highest BCUT2D eigenvalue weighted by Crippen LogP contribution is 2.61. The van der Waals surface area contributed by atoms with E-state index in [1.54, 1.807) is 6.07 Å². The van der Waals surface area contributed by atoms with Gasteiger partial charge in [0.1, 0.15) is 0 Å². The molecule has 7 heteroatoms. The van der Waals surface area contributed by atoms with E-state index in [-0.39, 0.29) is 27.8 Å². The number of nitrogens with one attached hydrogen (secondary N) is 1. The number of hydrogen-bond donors (Lipinski definition) is 1. The molecule has 0 aromatic heterocycles. The van der Waals surface area contributed by atoms with Crippen LogP contribution in [0.15, 0.2) is 23.1 Å². The van der Waals surface area contributed by atoms with E-state index < -0.39 is 10.0 Å². The Morgan fingerprint density at radius 2 is 1.65 bits per heavy atom. The first-order valence-electron chi connectivity index (χ1n) is 11.9. The van der Waals surface area contributed by atoms with E-state index in [2.05, 4.69) is 12.2 Å². The van der Waals surface area contributed by atoms with E-state index in [9.17, 15) is 13.2 Å². The second-order valence-corrected chi connectivity index (χ2v) is 12.9. The highest BCUT2D eigenvalue weighted by molar-refractivity contribution is 7.89. The molecule has 1 saturated heterocycles. The van der Waals surface area contributed by atoms with Crippen molar-refractivity contribution in [1.82, 2.24) is 9.62 Å². The van der Waals surface area contributed by atoms with E-state index in [0.29, 0.717) is 18.1 Å². The molecule has 1 N–H and O–H groups in total. The Balaban J connectivity index is 1.35. The molecule has 1 unspecified atom stereocenters. The van der Waals surface area contributed by atoms with E-state index in [0.717, 1.165) is 37.0 Å². The smallest absolute Gasteiger partial charge is 0.253 e. The highest BCUT2D eigenvalue weighted by Gasteiger charge is 2.53. The number of carbonyl (C=O) groups is 1. The van der Waals surface area contributed by atoms with Crippen LogP contribution in [-0.2, 0) is 10.0 Å². The molecule has 1 heterocycles. The van der Waals surface area contributed by atoms with Crippen LogP contribution in [0.5, 0.6) is 0 Å². The molecule has 31 heavy (non-hydrogen) atoms. The summed E-state index contributed by atoms with van der Waals surface area (Å²) in [6, 6.07) is 4.59. The molecule has 1 aliphatic heterocycles. The van der Waals surface area contributed by atoms with Gasteiger partial charge in [-0.05, 0) is 99.7 Å². The van der Waals surface area contributed by atoms with Gasteiger partial charge in [0, 0.05) is 19.1 Å². The average Bonchev–Trinajstić information content (AvgIpc) is 2.73. The first-order valence-corrected chi connectivity index (χ1v) is 13.7. The van der Waals surface area contributed by atoms with E-state index >= 15 is 0 Å². The summed E-state index contributed by atoms with van der Waals surface area (Å²) in [6.07, 6.45) is 10.5. The van der Waals surface area contributed by atoms with Crippen molar-refractivity contribution in [3.8, 4) is 0 Å². The van der Waals surface area contributed by atoms with Crippen LogP contribution in [-0.4, -0.2) is 37.8 Å². The van der Waals surface area contributed by atoms with E-state index in [4.69, 9.17) is 11.6 Å². The maximum absolute atomic E-state index is 13.2. The minimum Gasteiger partial charge on any atom is -0.349 e. The van der Waals surface area contributed by atoms with Crippen LogP contribution >= 0.6 is 11.6 Å². The minimum atomic E-state index is -3.61. The largest absolute Gasteiger partial charge is 0.349 e. The molecular weight excluding hydrogens is 432 g/mol. The third-order valence-corrected chi connectivity index (χ3v) is 10.7. The summed E-state index contributed by atoms with van der Waals surface area (Å²) < 4.78 is 27.7. The Bertz CT molecular complexity index is 936. The fourth-order valence-electron chi connectivity index (χ4n) is 7.23. The van der Waals surface area contributed by atoms with Crippen molar-refractivity contribution in [2.24, 2.45) is 23.2 Å². The lowest BCUT2D eigenvalue weighted by Gasteiger charge is -2.59. The molecule has 4 saturated carbocycles. The van der Waals surface area contributed by atoms with Gasteiger partial charge in [0.2, 0.25) is 10.0 Å². The van der Waals surface area contributed by atoms with Crippen molar-refractivity contribution < 1.29 is 13.2 Å². The number of hydrogen-bond acceptors (Lipinski definition) is 3. The SMILES string of the molecule is CC(NC(=O)c1cc(S(=O)(=O)N2CCCCC2)ccc1Cl)C12CC3CC(CC(C3)C1)C2. The van der Waals surface area contributed by atoms with Gasteiger partial charge in [-0.15, -0.1) is 0 Å². The topological polar surface area (TPSA) is 66.5 Å². The molecule has 1 aromatic carbocycles. The zero-order valence-corrected chi connectivity index (χ0v) is 19.9. The Morgan fingerprint density at radius 3 is 2.23 bits per heavy atom. The molecule has 1 aromatic rings. The maximum atomic E-state index is 13.2. The summed E-state index contributed by atoms with van der Waals surface area (Å²) in [7, 11) is -3.61. The summed E-state index contributed by atoms with van der Waals surface area (Å²) in [5.74, 6) is 2.18. The third-order valence-electron chi connectivity index (χ3n) is 8.49. The fraction of sp³-hybridized carbons (Fsp3) is 0.708. The van der Waals surface area contributed by atoms with Gasteiger partial charge in [-0.25, -0.2) is 8.42 Å². The van der Waals surface area contributed by atoms with Crippen molar-refractivity contribution in [3.05, 3.63) is 28.8 Å². The molecule has 6 rings (SSSR count). The molecule has 5 fully saturated rings. The lowest BCUT2D eigenvalue weighted by Crippen LogP contribution is -2.55. The van der Waals surface area contributed by atoms with Crippen molar-refractivity contribution in [2.75, 3.05) is 13.1 Å². The second kappa shape index (κ2) is 8.03. The zero-order valence-electron chi connectivity index (χ0n) is 18.3. The quantitative estimate of drug-likeness (QED) is 0.677. The number of carbonyl (C=O) groups excluding carboxylic acids is 1. The summed E-state index contributed by atoms with van der Waals surface area (Å²) in [5, 5.41) is 3.52. The Labute approximate surface area is 191 Å². The van der Waals surface area contributed by atoms with E-state index in [1.165, 1.54) is 55.0 Å². The summed E-state index contributed by atoms with van der Waals surface area (Å²) in [5.41, 5.74) is 0.449. The number of nitrogens with zero attached hydrogens (tertiary/aromatic N) is 1.